The first-order valence-corrected chi connectivity index (χ1v) is 7.70. The van der Waals surface area contributed by atoms with Crippen molar-refractivity contribution in [3.8, 4) is 0 Å². The summed E-state index contributed by atoms with van der Waals surface area (Å²) in [5, 5.41) is 11.9. The number of hydrogen-bond acceptors (Lipinski definition) is 3. The molecular weight excluding hydrogens is 357 g/mol. The minimum atomic E-state index is -1.34. The van der Waals surface area contributed by atoms with Gasteiger partial charge in [0.1, 0.15) is 5.82 Å². The average molecular weight is 374 g/mol. The molecule has 1 aromatic carbocycles. The van der Waals surface area contributed by atoms with Crippen molar-refractivity contribution in [2.45, 2.75) is 25.3 Å². The highest BCUT2D eigenvalue weighted by Gasteiger charge is 2.44. The zero-order valence-electron chi connectivity index (χ0n) is 12.1. The summed E-state index contributed by atoms with van der Waals surface area (Å²) in [5.41, 5.74) is -0.544. The molecule has 22 heavy (non-hydrogen) atoms. The molecular formula is C15H17BrFNO4. The Hall–Kier alpha value is -1.47. The summed E-state index contributed by atoms with van der Waals surface area (Å²) in [6.07, 6.45) is 0.643. The first-order valence-electron chi connectivity index (χ1n) is 6.91. The molecule has 2 unspecified atom stereocenters. The molecule has 0 spiro atoms. The number of halogens is 2. The number of carbonyl (C=O) groups is 2. The topological polar surface area (TPSA) is 75.6 Å². The third kappa shape index (κ3) is 3.64. The highest BCUT2D eigenvalue weighted by Crippen LogP contribution is 2.22. The van der Waals surface area contributed by atoms with Crippen molar-refractivity contribution in [1.29, 1.82) is 0 Å². The van der Waals surface area contributed by atoms with Gasteiger partial charge in [0.15, 0.2) is 5.54 Å². The Morgan fingerprint density at radius 1 is 1.55 bits per heavy atom. The summed E-state index contributed by atoms with van der Waals surface area (Å²) < 4.78 is 18.6. The minimum absolute atomic E-state index is 0.0249. The molecule has 1 aromatic rings. The van der Waals surface area contributed by atoms with Crippen molar-refractivity contribution >= 4 is 27.8 Å². The van der Waals surface area contributed by atoms with Gasteiger partial charge in [0.25, 0.3) is 0 Å². The van der Waals surface area contributed by atoms with Crippen LogP contribution >= 0.6 is 15.9 Å². The number of hydrogen-bond donors (Lipinski definition) is 2. The first kappa shape index (κ1) is 16.9. The fourth-order valence-electron chi connectivity index (χ4n) is 2.36. The molecule has 2 atom stereocenters. The summed E-state index contributed by atoms with van der Waals surface area (Å²) in [4.78, 5) is 23.6. The Labute approximate surface area is 136 Å². The van der Waals surface area contributed by atoms with Crippen LogP contribution in [0.15, 0.2) is 22.7 Å². The van der Waals surface area contributed by atoms with Gasteiger partial charge < -0.3 is 15.2 Å². The lowest BCUT2D eigenvalue weighted by molar-refractivity contribution is -0.148. The van der Waals surface area contributed by atoms with Crippen LogP contribution in [-0.2, 0) is 20.7 Å². The van der Waals surface area contributed by atoms with E-state index >= 15 is 0 Å². The van der Waals surface area contributed by atoms with Gasteiger partial charge in [0.2, 0.25) is 5.91 Å². The number of amides is 1. The Morgan fingerprint density at radius 2 is 2.27 bits per heavy atom. The first-order chi connectivity index (χ1) is 10.3. The standard InChI is InChI=1S/C15H17BrFNO4/c1-9(6-10-2-3-12(17)11(16)7-10)13(19)18-15(14(20)21)4-5-22-8-15/h2-3,7,9H,4-6,8H2,1H3,(H,18,19)(H,20,21). The number of rotatable bonds is 5. The quantitative estimate of drug-likeness (QED) is 0.828. The lowest BCUT2D eigenvalue weighted by Gasteiger charge is -2.25. The number of carbonyl (C=O) groups excluding carboxylic acids is 1. The molecule has 1 aliphatic rings. The van der Waals surface area contributed by atoms with Crippen molar-refractivity contribution in [3.63, 3.8) is 0 Å². The molecule has 2 N–H and O–H groups in total. The van der Waals surface area contributed by atoms with Gasteiger partial charge in [-0.1, -0.05) is 13.0 Å². The second-order valence-corrected chi connectivity index (χ2v) is 6.39. The van der Waals surface area contributed by atoms with E-state index in [1.807, 2.05) is 0 Å². The van der Waals surface area contributed by atoms with Crippen molar-refractivity contribution in [2.24, 2.45) is 5.92 Å². The number of ether oxygens (including phenoxy) is 1. The second kappa shape index (κ2) is 6.75. The Balaban J connectivity index is 2.02. The summed E-state index contributed by atoms with van der Waals surface area (Å²) in [6.45, 7) is 1.99. The Kier molecular flexibility index (Phi) is 5.18. The molecule has 0 aromatic heterocycles. The predicted molar refractivity (Wildman–Crippen MR) is 80.9 cm³/mol. The number of nitrogens with one attached hydrogen (secondary N) is 1. The van der Waals surface area contributed by atoms with E-state index < -0.39 is 17.4 Å². The lowest BCUT2D eigenvalue weighted by atomic mass is 9.95. The molecule has 7 heteroatoms. The van der Waals surface area contributed by atoms with Gasteiger partial charge in [-0.2, -0.15) is 0 Å². The van der Waals surface area contributed by atoms with E-state index in [0.717, 1.165) is 5.56 Å². The van der Waals surface area contributed by atoms with E-state index in [1.54, 1.807) is 19.1 Å². The van der Waals surface area contributed by atoms with Crippen LogP contribution in [0, 0.1) is 11.7 Å². The summed E-state index contributed by atoms with van der Waals surface area (Å²) in [5.74, 6) is -2.24. The van der Waals surface area contributed by atoms with Gasteiger partial charge in [-0.3, -0.25) is 4.79 Å². The molecule has 0 saturated carbocycles. The summed E-state index contributed by atoms with van der Waals surface area (Å²) in [7, 11) is 0. The molecule has 1 saturated heterocycles. The third-order valence-corrected chi connectivity index (χ3v) is 4.37. The molecule has 0 radical (unpaired) electrons. The van der Waals surface area contributed by atoms with Crippen molar-refractivity contribution in [2.75, 3.05) is 13.2 Å². The van der Waals surface area contributed by atoms with Crippen LogP contribution in [0.2, 0.25) is 0 Å². The Morgan fingerprint density at radius 3 is 2.82 bits per heavy atom. The second-order valence-electron chi connectivity index (χ2n) is 5.53. The fraction of sp³-hybridized carbons (Fsp3) is 0.467. The molecule has 1 aliphatic heterocycles. The Bertz CT molecular complexity index is 587. The zero-order chi connectivity index (χ0) is 16.3. The van der Waals surface area contributed by atoms with Gasteiger partial charge in [-0.15, -0.1) is 0 Å². The highest BCUT2D eigenvalue weighted by molar-refractivity contribution is 9.10. The zero-order valence-corrected chi connectivity index (χ0v) is 13.7. The maximum Gasteiger partial charge on any atom is 0.331 e. The average Bonchev–Trinajstić information content (AvgIpc) is 2.92. The highest BCUT2D eigenvalue weighted by atomic mass is 79.9. The molecule has 0 bridgehead atoms. The van der Waals surface area contributed by atoms with Crippen molar-refractivity contribution < 1.29 is 23.8 Å². The molecule has 1 heterocycles. The van der Waals surface area contributed by atoms with Crippen LogP contribution in [0.3, 0.4) is 0 Å². The van der Waals surface area contributed by atoms with Gasteiger partial charge in [0, 0.05) is 18.9 Å². The summed E-state index contributed by atoms with van der Waals surface area (Å²) >= 11 is 3.10. The van der Waals surface area contributed by atoms with Gasteiger partial charge in [0.05, 0.1) is 11.1 Å². The smallest absolute Gasteiger partial charge is 0.331 e. The normalized spacial score (nSPS) is 22.3. The summed E-state index contributed by atoms with van der Waals surface area (Å²) in [6, 6.07) is 4.55. The molecule has 0 aliphatic carbocycles. The molecule has 5 nitrogen and oxygen atoms in total. The number of benzene rings is 1. The van der Waals surface area contributed by atoms with Crippen LogP contribution in [0.1, 0.15) is 18.9 Å². The molecule has 1 amide bonds. The van der Waals surface area contributed by atoms with E-state index in [2.05, 4.69) is 21.2 Å². The van der Waals surface area contributed by atoms with Gasteiger partial charge in [-0.05, 0) is 40.0 Å². The fourth-order valence-corrected chi connectivity index (χ4v) is 2.78. The maximum atomic E-state index is 13.2. The number of carboxylic acid groups (broad SMARTS) is 1. The monoisotopic (exact) mass is 373 g/mol. The van der Waals surface area contributed by atoms with E-state index in [9.17, 15) is 19.1 Å². The molecule has 120 valence electrons. The van der Waals surface area contributed by atoms with E-state index in [-0.39, 0.29) is 24.8 Å². The number of carboxylic acids is 1. The third-order valence-electron chi connectivity index (χ3n) is 3.77. The van der Waals surface area contributed by atoms with Crippen LogP contribution in [-0.4, -0.2) is 35.7 Å². The largest absolute Gasteiger partial charge is 0.479 e. The molecule has 2 rings (SSSR count). The van der Waals surface area contributed by atoms with Crippen LogP contribution in [0.5, 0.6) is 0 Å². The predicted octanol–water partition coefficient (Wildman–Crippen LogP) is 2.13. The number of aliphatic carboxylic acids is 1. The van der Waals surface area contributed by atoms with E-state index in [0.29, 0.717) is 17.5 Å². The van der Waals surface area contributed by atoms with Crippen LogP contribution in [0.25, 0.3) is 0 Å². The van der Waals surface area contributed by atoms with Crippen molar-refractivity contribution in [3.05, 3.63) is 34.1 Å². The van der Waals surface area contributed by atoms with Crippen LogP contribution in [0.4, 0.5) is 4.39 Å². The molecule has 1 fully saturated rings. The minimum Gasteiger partial charge on any atom is -0.479 e. The van der Waals surface area contributed by atoms with E-state index in [4.69, 9.17) is 4.74 Å². The van der Waals surface area contributed by atoms with Gasteiger partial charge >= 0.3 is 5.97 Å². The van der Waals surface area contributed by atoms with Crippen LogP contribution < -0.4 is 5.32 Å². The maximum absolute atomic E-state index is 13.2. The SMILES string of the molecule is CC(Cc1ccc(F)c(Br)c1)C(=O)NC1(C(=O)O)CCOC1. The van der Waals surface area contributed by atoms with Gasteiger partial charge in [-0.25, -0.2) is 9.18 Å². The van der Waals surface area contributed by atoms with E-state index in [1.165, 1.54) is 6.07 Å². The van der Waals surface area contributed by atoms with Crippen molar-refractivity contribution in [1.82, 2.24) is 5.32 Å². The lowest BCUT2D eigenvalue weighted by Crippen LogP contribution is -2.56.